The molecule has 0 radical (unpaired) electrons. The number of guanidine groups is 1. The molecule has 0 amide bonds. The minimum atomic E-state index is 0. The van der Waals surface area contributed by atoms with E-state index in [1.807, 2.05) is 0 Å². The van der Waals surface area contributed by atoms with E-state index in [1.165, 1.54) is 58.0 Å². The average molecular weight is 462 g/mol. The maximum Gasteiger partial charge on any atom is 0.191 e. The van der Waals surface area contributed by atoms with Crippen molar-refractivity contribution in [2.45, 2.75) is 77.8 Å². The molecule has 0 aromatic heterocycles. The van der Waals surface area contributed by atoms with Gasteiger partial charge in [-0.1, -0.05) is 6.42 Å². The van der Waals surface area contributed by atoms with E-state index in [4.69, 9.17) is 4.99 Å². The van der Waals surface area contributed by atoms with Crippen molar-refractivity contribution in [2.24, 2.45) is 22.7 Å². The zero-order valence-electron chi connectivity index (χ0n) is 16.5. The number of hydrogen-bond donors (Lipinski definition) is 2. The zero-order valence-corrected chi connectivity index (χ0v) is 18.8. The summed E-state index contributed by atoms with van der Waals surface area (Å²) in [7, 11) is 0. The van der Waals surface area contributed by atoms with Crippen molar-refractivity contribution >= 4 is 29.9 Å². The van der Waals surface area contributed by atoms with Gasteiger partial charge in [-0.3, -0.25) is 4.99 Å². The normalized spacial score (nSPS) is 30.6. The van der Waals surface area contributed by atoms with Crippen LogP contribution in [0.5, 0.6) is 0 Å². The van der Waals surface area contributed by atoms with E-state index in [-0.39, 0.29) is 24.0 Å². The van der Waals surface area contributed by atoms with Gasteiger partial charge in [-0.15, -0.1) is 24.0 Å². The van der Waals surface area contributed by atoms with E-state index >= 15 is 0 Å². The number of piperidine rings is 1. The van der Waals surface area contributed by atoms with E-state index in [0.717, 1.165) is 36.8 Å². The molecule has 0 spiro atoms. The lowest BCUT2D eigenvalue weighted by atomic mass is 9.86. The maximum atomic E-state index is 4.89. The second-order valence-electron chi connectivity index (χ2n) is 8.53. The third-order valence-corrected chi connectivity index (χ3v) is 6.60. The summed E-state index contributed by atoms with van der Waals surface area (Å²) in [6.45, 7) is 11.1. The highest BCUT2D eigenvalue weighted by atomic mass is 127. The van der Waals surface area contributed by atoms with Crippen LogP contribution in [0.15, 0.2) is 4.99 Å². The molecule has 3 atom stereocenters. The molecule has 1 saturated heterocycles. The third-order valence-electron chi connectivity index (χ3n) is 6.60. The Kier molecular flexibility index (Phi) is 8.79. The highest BCUT2D eigenvalue weighted by molar-refractivity contribution is 14.0. The Bertz CT molecular complexity index is 418. The van der Waals surface area contributed by atoms with E-state index in [9.17, 15) is 0 Å². The van der Waals surface area contributed by atoms with Gasteiger partial charge in [0.05, 0.1) is 0 Å². The summed E-state index contributed by atoms with van der Waals surface area (Å²) in [5.74, 6) is 4.09. The predicted molar refractivity (Wildman–Crippen MR) is 118 cm³/mol. The number of fused-ring (bicyclic) bond motifs is 2. The zero-order chi connectivity index (χ0) is 16.9. The highest BCUT2D eigenvalue weighted by Crippen LogP contribution is 2.49. The SMILES string of the molecule is CCNC(=NCCC1CC2CCC1C2)NC1CCN(C(C)C)CC1.I. The molecule has 2 aliphatic carbocycles. The number of nitrogens with one attached hydrogen (secondary N) is 2. The van der Waals surface area contributed by atoms with Gasteiger partial charge in [0.1, 0.15) is 0 Å². The molecular weight excluding hydrogens is 423 g/mol. The van der Waals surface area contributed by atoms with Crippen LogP contribution in [0.4, 0.5) is 0 Å². The summed E-state index contributed by atoms with van der Waals surface area (Å²) in [5, 5.41) is 7.14. The molecule has 3 rings (SSSR count). The van der Waals surface area contributed by atoms with Crippen LogP contribution in [0.25, 0.3) is 0 Å². The van der Waals surface area contributed by atoms with Crippen molar-refractivity contribution < 1.29 is 0 Å². The van der Waals surface area contributed by atoms with Crippen molar-refractivity contribution in [3.05, 3.63) is 0 Å². The van der Waals surface area contributed by atoms with Crippen molar-refractivity contribution in [3.8, 4) is 0 Å². The lowest BCUT2D eigenvalue weighted by molar-refractivity contribution is 0.167. The molecule has 3 unspecified atom stereocenters. The van der Waals surface area contributed by atoms with Gasteiger partial charge in [0, 0.05) is 38.3 Å². The smallest absolute Gasteiger partial charge is 0.191 e. The molecule has 2 bridgehead atoms. The summed E-state index contributed by atoms with van der Waals surface area (Å²) in [6, 6.07) is 1.26. The van der Waals surface area contributed by atoms with Crippen LogP contribution in [-0.2, 0) is 0 Å². The first kappa shape index (κ1) is 21.3. The molecule has 1 aliphatic heterocycles. The van der Waals surface area contributed by atoms with Gasteiger partial charge in [0.25, 0.3) is 0 Å². The molecular formula is C20H39IN4. The monoisotopic (exact) mass is 462 g/mol. The lowest BCUT2D eigenvalue weighted by Gasteiger charge is -2.35. The second-order valence-corrected chi connectivity index (χ2v) is 8.53. The number of halogens is 1. The summed E-state index contributed by atoms with van der Waals surface area (Å²) < 4.78 is 0. The fraction of sp³-hybridized carbons (Fsp3) is 0.950. The Morgan fingerprint density at radius 2 is 1.88 bits per heavy atom. The van der Waals surface area contributed by atoms with Crippen LogP contribution in [-0.4, -0.2) is 49.1 Å². The molecule has 3 aliphatic rings. The maximum absolute atomic E-state index is 4.89. The number of aliphatic imine (C=N–C) groups is 1. The Morgan fingerprint density at radius 1 is 1.12 bits per heavy atom. The molecule has 0 aromatic carbocycles. The molecule has 25 heavy (non-hydrogen) atoms. The van der Waals surface area contributed by atoms with Gasteiger partial charge in [0.2, 0.25) is 0 Å². The van der Waals surface area contributed by atoms with Crippen LogP contribution in [0.3, 0.4) is 0 Å². The van der Waals surface area contributed by atoms with Crippen LogP contribution >= 0.6 is 24.0 Å². The Hall–Kier alpha value is -0.0400. The van der Waals surface area contributed by atoms with Gasteiger partial charge < -0.3 is 15.5 Å². The van der Waals surface area contributed by atoms with Gasteiger partial charge in [-0.05, 0) is 77.0 Å². The molecule has 2 saturated carbocycles. The fourth-order valence-corrected chi connectivity index (χ4v) is 5.15. The molecule has 5 heteroatoms. The van der Waals surface area contributed by atoms with Gasteiger partial charge in [-0.2, -0.15) is 0 Å². The van der Waals surface area contributed by atoms with Crippen LogP contribution in [0, 0.1) is 17.8 Å². The van der Waals surface area contributed by atoms with Gasteiger partial charge >= 0.3 is 0 Å². The standard InChI is InChI=1S/C20H38N4.HI/c1-4-21-20(23-19-8-11-24(12-9-19)15(2)3)22-10-7-18-14-16-5-6-17(18)13-16;/h15-19H,4-14H2,1-3H3,(H2,21,22,23);1H. The fourth-order valence-electron chi connectivity index (χ4n) is 5.15. The molecule has 1 heterocycles. The summed E-state index contributed by atoms with van der Waals surface area (Å²) >= 11 is 0. The Balaban J connectivity index is 0.00000225. The Morgan fingerprint density at radius 3 is 2.44 bits per heavy atom. The molecule has 0 aromatic rings. The predicted octanol–water partition coefficient (Wildman–Crippen LogP) is 3.86. The molecule has 2 N–H and O–H groups in total. The first-order valence-corrected chi connectivity index (χ1v) is 10.4. The number of rotatable bonds is 6. The molecule has 3 fully saturated rings. The van der Waals surface area contributed by atoms with Crippen molar-refractivity contribution in [2.75, 3.05) is 26.2 Å². The molecule has 146 valence electrons. The minimum Gasteiger partial charge on any atom is -0.357 e. The van der Waals surface area contributed by atoms with Crippen LogP contribution in [0.2, 0.25) is 0 Å². The average Bonchev–Trinajstić information content (AvgIpc) is 3.18. The summed E-state index contributed by atoms with van der Waals surface area (Å²) in [4.78, 5) is 7.47. The van der Waals surface area contributed by atoms with E-state index in [0.29, 0.717) is 12.1 Å². The van der Waals surface area contributed by atoms with Crippen LogP contribution in [0.1, 0.15) is 65.7 Å². The van der Waals surface area contributed by atoms with Crippen molar-refractivity contribution in [1.82, 2.24) is 15.5 Å². The number of hydrogen-bond acceptors (Lipinski definition) is 2. The van der Waals surface area contributed by atoms with E-state index in [2.05, 4.69) is 36.3 Å². The summed E-state index contributed by atoms with van der Waals surface area (Å²) in [5.41, 5.74) is 0. The van der Waals surface area contributed by atoms with E-state index < -0.39 is 0 Å². The first-order valence-electron chi connectivity index (χ1n) is 10.4. The van der Waals surface area contributed by atoms with Crippen molar-refractivity contribution in [1.29, 1.82) is 0 Å². The van der Waals surface area contributed by atoms with Gasteiger partial charge in [-0.25, -0.2) is 0 Å². The largest absolute Gasteiger partial charge is 0.357 e. The number of nitrogens with zero attached hydrogens (tertiary/aromatic N) is 2. The summed E-state index contributed by atoms with van der Waals surface area (Å²) in [6.07, 6.45) is 9.75. The second kappa shape index (κ2) is 10.3. The highest BCUT2D eigenvalue weighted by Gasteiger charge is 2.38. The van der Waals surface area contributed by atoms with E-state index in [1.54, 1.807) is 0 Å². The Labute approximate surface area is 172 Å². The molecule has 4 nitrogen and oxygen atoms in total. The van der Waals surface area contributed by atoms with Crippen LogP contribution < -0.4 is 10.6 Å². The quantitative estimate of drug-likeness (QED) is 0.358. The number of likely N-dealkylation sites (tertiary alicyclic amines) is 1. The minimum absolute atomic E-state index is 0. The third kappa shape index (κ3) is 5.98. The topological polar surface area (TPSA) is 39.7 Å². The first-order chi connectivity index (χ1) is 11.7. The van der Waals surface area contributed by atoms with Gasteiger partial charge in [0.15, 0.2) is 5.96 Å². The van der Waals surface area contributed by atoms with Crippen molar-refractivity contribution in [3.63, 3.8) is 0 Å². The lowest BCUT2D eigenvalue weighted by Crippen LogP contribution is -2.49.